The van der Waals surface area contributed by atoms with Crippen molar-refractivity contribution >= 4 is 11.6 Å². The van der Waals surface area contributed by atoms with Crippen LogP contribution in [0.3, 0.4) is 0 Å². The van der Waals surface area contributed by atoms with Gasteiger partial charge >= 0.3 is 0 Å². The maximum Gasteiger partial charge on any atom is 0.276 e. The molecule has 2 aromatic rings. The number of amides is 1. The minimum Gasteiger partial charge on any atom is -0.320 e. The maximum absolute atomic E-state index is 13.5. The lowest BCUT2D eigenvalue weighted by Crippen LogP contribution is -2.27. The standard InChI is InChI=1S/C16H18FN3O2/c1-10(2)9-20-15(21)7-6-14(19-20)16(22)18-12-5-4-11(3)13(17)8-12/h4-8,10H,9H2,1-3H3,(H,18,22). The van der Waals surface area contributed by atoms with Crippen molar-refractivity contribution < 1.29 is 9.18 Å². The van der Waals surface area contributed by atoms with Crippen molar-refractivity contribution in [3.05, 3.63) is 57.8 Å². The Morgan fingerprint density at radius 2 is 2.05 bits per heavy atom. The van der Waals surface area contributed by atoms with Crippen molar-refractivity contribution in [1.29, 1.82) is 0 Å². The topological polar surface area (TPSA) is 64.0 Å². The minimum atomic E-state index is -0.485. The highest BCUT2D eigenvalue weighted by Gasteiger charge is 2.11. The second-order valence-electron chi connectivity index (χ2n) is 5.55. The second kappa shape index (κ2) is 6.51. The van der Waals surface area contributed by atoms with Crippen LogP contribution in [0, 0.1) is 18.7 Å². The van der Waals surface area contributed by atoms with Crippen LogP contribution in [0.5, 0.6) is 0 Å². The third kappa shape index (κ3) is 3.78. The highest BCUT2D eigenvalue weighted by atomic mass is 19.1. The summed E-state index contributed by atoms with van der Waals surface area (Å²) < 4.78 is 14.7. The molecule has 0 fully saturated rings. The number of nitrogens with one attached hydrogen (secondary N) is 1. The zero-order valence-electron chi connectivity index (χ0n) is 12.8. The Labute approximate surface area is 127 Å². The molecule has 0 aliphatic heterocycles. The third-order valence-corrected chi connectivity index (χ3v) is 3.07. The average molecular weight is 303 g/mol. The van der Waals surface area contributed by atoms with Gasteiger partial charge in [-0.1, -0.05) is 19.9 Å². The summed E-state index contributed by atoms with van der Waals surface area (Å²) >= 11 is 0. The van der Waals surface area contributed by atoms with E-state index >= 15 is 0 Å². The van der Waals surface area contributed by atoms with E-state index in [1.54, 1.807) is 19.1 Å². The fraction of sp³-hybridized carbons (Fsp3) is 0.312. The smallest absolute Gasteiger partial charge is 0.276 e. The van der Waals surface area contributed by atoms with Crippen molar-refractivity contribution in [2.24, 2.45) is 5.92 Å². The molecule has 1 heterocycles. The van der Waals surface area contributed by atoms with Crippen molar-refractivity contribution in [3.8, 4) is 0 Å². The highest BCUT2D eigenvalue weighted by molar-refractivity contribution is 6.02. The van der Waals surface area contributed by atoms with Crippen molar-refractivity contribution in [3.63, 3.8) is 0 Å². The first-order valence-electron chi connectivity index (χ1n) is 7.02. The van der Waals surface area contributed by atoms with Crippen LogP contribution in [0.2, 0.25) is 0 Å². The van der Waals surface area contributed by atoms with Crippen LogP contribution in [0.1, 0.15) is 29.9 Å². The second-order valence-corrected chi connectivity index (χ2v) is 5.55. The number of halogens is 1. The Hall–Kier alpha value is -2.50. The molecule has 0 saturated heterocycles. The Morgan fingerprint density at radius 3 is 2.68 bits per heavy atom. The number of anilines is 1. The van der Waals surface area contributed by atoms with E-state index in [9.17, 15) is 14.0 Å². The van der Waals surface area contributed by atoms with Crippen LogP contribution in [-0.4, -0.2) is 15.7 Å². The largest absolute Gasteiger partial charge is 0.320 e. The summed E-state index contributed by atoms with van der Waals surface area (Å²) in [4.78, 5) is 23.8. The molecule has 0 aliphatic rings. The predicted molar refractivity (Wildman–Crippen MR) is 82.4 cm³/mol. The molecule has 116 valence electrons. The first-order chi connectivity index (χ1) is 10.4. The molecular formula is C16H18FN3O2. The van der Waals surface area contributed by atoms with E-state index in [1.165, 1.54) is 22.9 Å². The molecule has 1 aromatic heterocycles. The van der Waals surface area contributed by atoms with E-state index in [0.717, 1.165) is 0 Å². The zero-order chi connectivity index (χ0) is 16.3. The van der Waals surface area contributed by atoms with E-state index in [0.29, 0.717) is 17.8 Å². The van der Waals surface area contributed by atoms with E-state index in [1.807, 2.05) is 13.8 Å². The molecule has 0 saturated carbocycles. The molecule has 1 aromatic carbocycles. The summed E-state index contributed by atoms with van der Waals surface area (Å²) in [5.74, 6) is -0.647. The first-order valence-corrected chi connectivity index (χ1v) is 7.02. The van der Waals surface area contributed by atoms with Gasteiger partial charge in [0.05, 0.1) is 0 Å². The molecule has 0 atom stereocenters. The normalized spacial score (nSPS) is 10.8. The van der Waals surface area contributed by atoms with Crippen LogP contribution >= 0.6 is 0 Å². The Morgan fingerprint density at radius 1 is 1.32 bits per heavy atom. The lowest BCUT2D eigenvalue weighted by Gasteiger charge is -2.10. The van der Waals surface area contributed by atoms with Gasteiger partial charge in [-0.25, -0.2) is 9.07 Å². The number of aromatic nitrogens is 2. The van der Waals surface area contributed by atoms with Crippen molar-refractivity contribution in [2.75, 3.05) is 5.32 Å². The van der Waals surface area contributed by atoms with E-state index < -0.39 is 11.7 Å². The number of hydrogen-bond acceptors (Lipinski definition) is 3. The van der Waals surface area contributed by atoms with Crippen LogP contribution in [0.4, 0.5) is 10.1 Å². The fourth-order valence-corrected chi connectivity index (χ4v) is 1.91. The number of nitrogens with zero attached hydrogens (tertiary/aromatic N) is 2. The third-order valence-electron chi connectivity index (χ3n) is 3.07. The van der Waals surface area contributed by atoms with E-state index in [2.05, 4.69) is 10.4 Å². The van der Waals surface area contributed by atoms with E-state index in [-0.39, 0.29) is 17.2 Å². The number of rotatable bonds is 4. The Kier molecular flexibility index (Phi) is 4.70. The van der Waals surface area contributed by atoms with Gasteiger partial charge in [0.25, 0.3) is 11.5 Å². The van der Waals surface area contributed by atoms with Gasteiger partial charge in [0, 0.05) is 18.3 Å². The Bertz CT molecular complexity index is 753. The van der Waals surface area contributed by atoms with E-state index in [4.69, 9.17) is 0 Å². The van der Waals surface area contributed by atoms with Gasteiger partial charge in [0.1, 0.15) is 11.5 Å². The van der Waals surface area contributed by atoms with Crippen molar-refractivity contribution in [2.45, 2.75) is 27.3 Å². The van der Waals surface area contributed by atoms with Gasteiger partial charge in [-0.2, -0.15) is 5.10 Å². The van der Waals surface area contributed by atoms with Gasteiger partial charge < -0.3 is 5.32 Å². The lowest BCUT2D eigenvalue weighted by molar-refractivity contribution is 0.101. The van der Waals surface area contributed by atoms with Gasteiger partial charge in [0.15, 0.2) is 0 Å². The number of benzene rings is 1. The molecule has 0 aliphatic carbocycles. The molecule has 1 amide bonds. The van der Waals surface area contributed by atoms with Gasteiger partial charge in [-0.15, -0.1) is 0 Å². The number of hydrogen-bond donors (Lipinski definition) is 1. The molecule has 22 heavy (non-hydrogen) atoms. The van der Waals surface area contributed by atoms with Gasteiger partial charge in [0.2, 0.25) is 0 Å². The summed E-state index contributed by atoms with van der Waals surface area (Å²) in [6.07, 6.45) is 0. The molecular weight excluding hydrogens is 285 g/mol. The quantitative estimate of drug-likeness (QED) is 0.944. The first kappa shape index (κ1) is 15.9. The molecule has 0 unspecified atom stereocenters. The zero-order valence-corrected chi connectivity index (χ0v) is 12.8. The van der Waals surface area contributed by atoms with Crippen LogP contribution in [0.15, 0.2) is 35.1 Å². The van der Waals surface area contributed by atoms with Gasteiger partial charge in [-0.05, 0) is 36.6 Å². The summed E-state index contributed by atoms with van der Waals surface area (Å²) in [5.41, 5.74) is 0.700. The number of aryl methyl sites for hydroxylation is 1. The minimum absolute atomic E-state index is 0.112. The summed E-state index contributed by atoms with van der Waals surface area (Å²) in [7, 11) is 0. The molecule has 5 nitrogen and oxygen atoms in total. The maximum atomic E-state index is 13.5. The molecule has 0 radical (unpaired) electrons. The van der Waals surface area contributed by atoms with Crippen LogP contribution < -0.4 is 10.9 Å². The Balaban J connectivity index is 2.22. The van der Waals surface area contributed by atoms with Crippen molar-refractivity contribution in [1.82, 2.24) is 9.78 Å². The lowest BCUT2D eigenvalue weighted by atomic mass is 10.2. The van der Waals surface area contributed by atoms with Crippen LogP contribution in [0.25, 0.3) is 0 Å². The SMILES string of the molecule is Cc1ccc(NC(=O)c2ccc(=O)n(CC(C)C)n2)cc1F. The molecule has 2 rings (SSSR count). The van der Waals surface area contributed by atoms with Gasteiger partial charge in [-0.3, -0.25) is 9.59 Å². The predicted octanol–water partition coefficient (Wildman–Crippen LogP) is 2.60. The molecule has 1 N–H and O–H groups in total. The summed E-state index contributed by atoms with van der Waals surface area (Å²) in [6, 6.07) is 7.11. The number of carbonyl (C=O) groups is 1. The summed E-state index contributed by atoms with van der Waals surface area (Å²) in [5, 5.41) is 6.62. The molecule has 0 bridgehead atoms. The molecule has 6 heteroatoms. The average Bonchev–Trinajstić information content (AvgIpc) is 2.44. The van der Waals surface area contributed by atoms with Crippen LogP contribution in [-0.2, 0) is 6.54 Å². The fourth-order valence-electron chi connectivity index (χ4n) is 1.91. The monoisotopic (exact) mass is 303 g/mol. The highest BCUT2D eigenvalue weighted by Crippen LogP contribution is 2.14. The molecule has 0 spiro atoms. The number of carbonyl (C=O) groups excluding carboxylic acids is 1. The summed E-state index contributed by atoms with van der Waals surface area (Å²) in [6.45, 7) is 5.98.